The van der Waals surface area contributed by atoms with Crippen molar-refractivity contribution < 1.29 is 4.79 Å². The minimum absolute atomic E-state index is 0.111. The molecule has 0 saturated heterocycles. The second-order valence-electron chi connectivity index (χ2n) is 6.01. The lowest BCUT2D eigenvalue weighted by atomic mass is 10.1. The van der Waals surface area contributed by atoms with Crippen molar-refractivity contribution in [3.8, 4) is 0 Å². The summed E-state index contributed by atoms with van der Waals surface area (Å²) in [6.07, 6.45) is 0. The van der Waals surface area contributed by atoms with Gasteiger partial charge in [-0.25, -0.2) is 0 Å². The number of anilines is 1. The zero-order chi connectivity index (χ0) is 17.1. The van der Waals surface area contributed by atoms with Gasteiger partial charge in [0.25, 0.3) is 5.91 Å². The van der Waals surface area contributed by atoms with Crippen molar-refractivity contribution in [2.75, 3.05) is 5.32 Å². The van der Waals surface area contributed by atoms with Crippen molar-refractivity contribution >= 4 is 11.6 Å². The highest BCUT2D eigenvalue weighted by Gasteiger charge is 2.15. The molecule has 2 aromatic carbocycles. The number of nitrogens with one attached hydrogen (secondary N) is 1. The summed E-state index contributed by atoms with van der Waals surface area (Å²) in [5.74, 6) is -0.111. The molecule has 0 aliphatic carbocycles. The van der Waals surface area contributed by atoms with E-state index in [-0.39, 0.29) is 5.91 Å². The van der Waals surface area contributed by atoms with Crippen molar-refractivity contribution in [1.82, 2.24) is 9.78 Å². The third kappa shape index (κ3) is 3.38. The lowest BCUT2D eigenvalue weighted by Gasteiger charge is -2.07. The smallest absolute Gasteiger partial charge is 0.255 e. The number of hydrogen-bond acceptors (Lipinski definition) is 2. The standard InChI is InChI=1S/C20H21N3O/c1-14-9-11-18(12-10-14)20(24)21-19-15(2)22-23(16(19)3)13-17-7-5-4-6-8-17/h4-12H,13H2,1-3H3,(H,21,24). The maximum absolute atomic E-state index is 12.4. The maximum atomic E-state index is 12.4. The van der Waals surface area contributed by atoms with E-state index in [0.29, 0.717) is 12.1 Å². The first kappa shape index (κ1) is 16.0. The molecule has 0 radical (unpaired) electrons. The van der Waals surface area contributed by atoms with E-state index in [4.69, 9.17) is 0 Å². The minimum Gasteiger partial charge on any atom is -0.319 e. The van der Waals surface area contributed by atoms with Crippen LogP contribution in [-0.4, -0.2) is 15.7 Å². The fourth-order valence-corrected chi connectivity index (χ4v) is 2.68. The van der Waals surface area contributed by atoms with Gasteiger partial charge in [-0.2, -0.15) is 5.10 Å². The van der Waals surface area contributed by atoms with Gasteiger partial charge in [0.05, 0.1) is 23.6 Å². The minimum atomic E-state index is -0.111. The number of rotatable bonds is 4. The molecule has 0 saturated carbocycles. The third-order valence-electron chi connectivity index (χ3n) is 4.11. The van der Waals surface area contributed by atoms with Gasteiger partial charge < -0.3 is 5.32 Å². The molecule has 0 aliphatic heterocycles. The highest BCUT2D eigenvalue weighted by atomic mass is 16.1. The molecular weight excluding hydrogens is 298 g/mol. The first-order chi connectivity index (χ1) is 11.5. The Hall–Kier alpha value is -2.88. The number of hydrogen-bond donors (Lipinski definition) is 1. The Morgan fingerprint density at radius 2 is 1.67 bits per heavy atom. The van der Waals surface area contributed by atoms with Crippen LogP contribution in [0.15, 0.2) is 54.6 Å². The van der Waals surface area contributed by atoms with E-state index in [1.165, 1.54) is 5.56 Å². The summed E-state index contributed by atoms with van der Waals surface area (Å²) >= 11 is 0. The van der Waals surface area contributed by atoms with Gasteiger partial charge >= 0.3 is 0 Å². The second kappa shape index (κ2) is 6.71. The molecule has 1 amide bonds. The molecule has 4 heteroatoms. The molecule has 0 fully saturated rings. The molecule has 4 nitrogen and oxygen atoms in total. The van der Waals surface area contributed by atoms with Gasteiger partial charge in [0, 0.05) is 5.56 Å². The van der Waals surface area contributed by atoms with Gasteiger partial charge in [-0.1, -0.05) is 48.0 Å². The second-order valence-corrected chi connectivity index (χ2v) is 6.01. The Morgan fingerprint density at radius 1 is 1.00 bits per heavy atom. The molecule has 0 unspecified atom stereocenters. The van der Waals surface area contributed by atoms with Gasteiger partial charge in [0.15, 0.2) is 0 Å². The summed E-state index contributed by atoms with van der Waals surface area (Å²) in [7, 11) is 0. The molecule has 3 aromatic rings. The van der Waals surface area contributed by atoms with Crippen molar-refractivity contribution in [3.63, 3.8) is 0 Å². The van der Waals surface area contributed by atoms with Crippen LogP contribution in [0.2, 0.25) is 0 Å². The van der Waals surface area contributed by atoms with Gasteiger partial charge in [-0.3, -0.25) is 9.48 Å². The largest absolute Gasteiger partial charge is 0.319 e. The van der Waals surface area contributed by atoms with Gasteiger partial charge in [-0.15, -0.1) is 0 Å². The highest BCUT2D eigenvalue weighted by molar-refractivity contribution is 6.04. The van der Waals surface area contributed by atoms with E-state index in [1.54, 1.807) is 0 Å². The van der Waals surface area contributed by atoms with Crippen LogP contribution in [0.1, 0.15) is 32.9 Å². The van der Waals surface area contributed by atoms with Crippen LogP contribution in [0.5, 0.6) is 0 Å². The number of nitrogens with zero attached hydrogens (tertiary/aromatic N) is 2. The molecule has 3 rings (SSSR count). The quantitative estimate of drug-likeness (QED) is 0.786. The van der Waals surface area contributed by atoms with Crippen LogP contribution in [-0.2, 0) is 6.54 Å². The van der Waals surface area contributed by atoms with Crippen LogP contribution in [0.25, 0.3) is 0 Å². The maximum Gasteiger partial charge on any atom is 0.255 e. The average Bonchev–Trinajstić information content (AvgIpc) is 2.84. The fourth-order valence-electron chi connectivity index (χ4n) is 2.68. The molecule has 1 heterocycles. The highest BCUT2D eigenvalue weighted by Crippen LogP contribution is 2.21. The predicted octanol–water partition coefficient (Wildman–Crippen LogP) is 4.11. The van der Waals surface area contributed by atoms with E-state index in [0.717, 1.165) is 22.6 Å². The number of aromatic nitrogens is 2. The molecule has 0 aliphatic rings. The fraction of sp³-hybridized carbons (Fsp3) is 0.200. The van der Waals surface area contributed by atoms with Gasteiger partial charge in [0.2, 0.25) is 0 Å². The first-order valence-electron chi connectivity index (χ1n) is 8.00. The zero-order valence-corrected chi connectivity index (χ0v) is 14.2. The molecule has 122 valence electrons. The Labute approximate surface area is 142 Å². The monoisotopic (exact) mass is 319 g/mol. The van der Waals surface area contributed by atoms with Gasteiger partial charge in [0.1, 0.15) is 0 Å². The van der Waals surface area contributed by atoms with Crippen molar-refractivity contribution in [3.05, 3.63) is 82.7 Å². The summed E-state index contributed by atoms with van der Waals surface area (Å²) in [6.45, 7) is 6.59. The summed E-state index contributed by atoms with van der Waals surface area (Å²) in [6, 6.07) is 17.7. The lowest BCUT2D eigenvalue weighted by Crippen LogP contribution is -2.13. The lowest BCUT2D eigenvalue weighted by molar-refractivity contribution is 0.102. The summed E-state index contributed by atoms with van der Waals surface area (Å²) in [4.78, 5) is 12.4. The Kier molecular flexibility index (Phi) is 4.47. The topological polar surface area (TPSA) is 46.9 Å². The Bertz CT molecular complexity index is 849. The number of benzene rings is 2. The van der Waals surface area contributed by atoms with Crippen LogP contribution in [0.3, 0.4) is 0 Å². The number of carbonyl (C=O) groups excluding carboxylic acids is 1. The van der Waals surface area contributed by atoms with Crippen LogP contribution < -0.4 is 5.32 Å². The van der Waals surface area contributed by atoms with Crippen molar-refractivity contribution in [1.29, 1.82) is 0 Å². The Balaban J connectivity index is 1.81. The van der Waals surface area contributed by atoms with Crippen molar-refractivity contribution in [2.45, 2.75) is 27.3 Å². The molecular formula is C20H21N3O. The molecule has 1 N–H and O–H groups in total. The molecule has 24 heavy (non-hydrogen) atoms. The molecule has 1 aromatic heterocycles. The average molecular weight is 319 g/mol. The van der Waals surface area contributed by atoms with Crippen LogP contribution >= 0.6 is 0 Å². The van der Waals surface area contributed by atoms with Gasteiger partial charge in [-0.05, 0) is 38.5 Å². The summed E-state index contributed by atoms with van der Waals surface area (Å²) in [5, 5.41) is 7.57. The Morgan fingerprint density at radius 3 is 2.33 bits per heavy atom. The number of amides is 1. The number of carbonyl (C=O) groups is 1. The molecule has 0 atom stereocenters. The normalized spacial score (nSPS) is 10.6. The SMILES string of the molecule is Cc1ccc(C(=O)Nc2c(C)nn(Cc3ccccc3)c2C)cc1. The van der Waals surface area contributed by atoms with E-state index in [1.807, 2.05) is 67.9 Å². The molecule has 0 bridgehead atoms. The summed E-state index contributed by atoms with van der Waals surface area (Å²) in [5.41, 5.74) is 5.53. The third-order valence-corrected chi connectivity index (χ3v) is 4.11. The first-order valence-corrected chi connectivity index (χ1v) is 8.00. The summed E-state index contributed by atoms with van der Waals surface area (Å²) < 4.78 is 1.93. The van der Waals surface area contributed by atoms with Crippen LogP contribution in [0.4, 0.5) is 5.69 Å². The van der Waals surface area contributed by atoms with E-state index in [9.17, 15) is 4.79 Å². The van der Waals surface area contributed by atoms with E-state index >= 15 is 0 Å². The van der Waals surface area contributed by atoms with Crippen LogP contribution in [0, 0.1) is 20.8 Å². The van der Waals surface area contributed by atoms with E-state index in [2.05, 4.69) is 22.5 Å². The predicted molar refractivity (Wildman–Crippen MR) is 96.4 cm³/mol. The number of aryl methyl sites for hydroxylation is 2. The van der Waals surface area contributed by atoms with Crippen molar-refractivity contribution in [2.24, 2.45) is 0 Å². The molecule has 0 spiro atoms. The zero-order valence-electron chi connectivity index (χ0n) is 14.2. The van der Waals surface area contributed by atoms with E-state index < -0.39 is 0 Å².